The van der Waals surface area contributed by atoms with Crippen LogP contribution in [0.5, 0.6) is 5.75 Å². The highest BCUT2D eigenvalue weighted by atomic mass is 16.5. The maximum absolute atomic E-state index is 5.72. The first-order valence-corrected chi connectivity index (χ1v) is 6.80. The first-order valence-electron chi connectivity index (χ1n) is 6.80. The summed E-state index contributed by atoms with van der Waals surface area (Å²) in [6.07, 6.45) is 4.84. The van der Waals surface area contributed by atoms with E-state index in [9.17, 15) is 0 Å². The Labute approximate surface area is 114 Å². The fraction of sp³-hybridized carbons (Fsp3) is 0.400. The highest BCUT2D eigenvalue weighted by Crippen LogP contribution is 2.24. The van der Waals surface area contributed by atoms with Gasteiger partial charge in [-0.3, -0.25) is 0 Å². The average molecular weight is 259 g/mol. The van der Waals surface area contributed by atoms with Crippen molar-refractivity contribution in [2.45, 2.75) is 33.4 Å². The van der Waals surface area contributed by atoms with Crippen molar-refractivity contribution in [1.29, 1.82) is 0 Å². The van der Waals surface area contributed by atoms with Gasteiger partial charge in [-0.2, -0.15) is 0 Å². The molecule has 102 valence electrons. The van der Waals surface area contributed by atoms with Gasteiger partial charge in [0.15, 0.2) is 0 Å². The molecule has 19 heavy (non-hydrogen) atoms. The fourth-order valence-electron chi connectivity index (χ4n) is 1.92. The molecule has 1 aromatic heterocycles. The minimum Gasteiger partial charge on any atom is -0.491 e. The highest BCUT2D eigenvalue weighted by Gasteiger charge is 2.04. The number of para-hydroxylation sites is 2. The van der Waals surface area contributed by atoms with Crippen molar-refractivity contribution in [3.63, 3.8) is 0 Å². The first-order chi connectivity index (χ1) is 9.35. The lowest BCUT2D eigenvalue weighted by Crippen LogP contribution is -2.08. The number of ether oxygens (including phenoxy) is 1. The van der Waals surface area contributed by atoms with Crippen LogP contribution >= 0.6 is 0 Å². The van der Waals surface area contributed by atoms with E-state index in [2.05, 4.69) is 28.7 Å². The van der Waals surface area contributed by atoms with Crippen LogP contribution in [0.25, 0.3) is 0 Å². The third kappa shape index (κ3) is 3.50. The second-order valence-electron chi connectivity index (χ2n) is 4.33. The Morgan fingerprint density at radius 1 is 1.26 bits per heavy atom. The van der Waals surface area contributed by atoms with Gasteiger partial charge in [0, 0.05) is 18.9 Å². The van der Waals surface area contributed by atoms with Crippen molar-refractivity contribution >= 4 is 5.69 Å². The summed E-state index contributed by atoms with van der Waals surface area (Å²) in [5.74, 6) is 1.94. The number of benzene rings is 1. The van der Waals surface area contributed by atoms with Crippen LogP contribution in [0.4, 0.5) is 5.69 Å². The Kier molecular flexibility index (Phi) is 4.84. The van der Waals surface area contributed by atoms with Crippen molar-refractivity contribution in [1.82, 2.24) is 9.55 Å². The number of rotatable bonds is 7. The van der Waals surface area contributed by atoms with Crippen molar-refractivity contribution < 1.29 is 4.74 Å². The SMILES string of the molecule is CCCOc1ccccc1NCc1nccn1CC. The van der Waals surface area contributed by atoms with Crippen LogP contribution in [0.1, 0.15) is 26.1 Å². The number of nitrogens with zero attached hydrogens (tertiary/aromatic N) is 2. The summed E-state index contributed by atoms with van der Waals surface area (Å²) in [6.45, 7) is 6.60. The second-order valence-corrected chi connectivity index (χ2v) is 4.33. The zero-order valence-corrected chi connectivity index (χ0v) is 11.6. The Bertz CT molecular complexity index is 508. The number of hydrogen-bond acceptors (Lipinski definition) is 3. The van der Waals surface area contributed by atoms with Crippen molar-refractivity contribution in [3.05, 3.63) is 42.5 Å². The lowest BCUT2D eigenvalue weighted by Gasteiger charge is -2.13. The Balaban J connectivity index is 2.02. The molecule has 0 aliphatic heterocycles. The topological polar surface area (TPSA) is 39.1 Å². The van der Waals surface area contributed by atoms with Crippen LogP contribution < -0.4 is 10.1 Å². The predicted octanol–water partition coefficient (Wildman–Crippen LogP) is 3.30. The molecule has 0 amide bonds. The fourth-order valence-corrected chi connectivity index (χ4v) is 1.92. The second kappa shape index (κ2) is 6.83. The highest BCUT2D eigenvalue weighted by molar-refractivity contribution is 5.56. The van der Waals surface area contributed by atoms with Crippen molar-refractivity contribution in [2.75, 3.05) is 11.9 Å². The molecular formula is C15H21N3O. The smallest absolute Gasteiger partial charge is 0.142 e. The summed E-state index contributed by atoms with van der Waals surface area (Å²) in [4.78, 5) is 4.35. The van der Waals surface area contributed by atoms with Crippen molar-refractivity contribution in [3.8, 4) is 5.75 Å². The van der Waals surface area contributed by atoms with Crippen LogP contribution in [-0.4, -0.2) is 16.2 Å². The van der Waals surface area contributed by atoms with E-state index >= 15 is 0 Å². The van der Waals surface area contributed by atoms with Crippen molar-refractivity contribution in [2.24, 2.45) is 0 Å². The van der Waals surface area contributed by atoms with Gasteiger partial charge in [-0.25, -0.2) is 4.98 Å². The number of aryl methyl sites for hydroxylation is 1. The molecule has 4 nitrogen and oxygen atoms in total. The van der Waals surface area contributed by atoms with Crippen LogP contribution in [-0.2, 0) is 13.1 Å². The number of aromatic nitrogens is 2. The third-order valence-corrected chi connectivity index (χ3v) is 2.93. The van der Waals surface area contributed by atoms with Crippen LogP contribution in [0.2, 0.25) is 0 Å². The summed E-state index contributed by atoms with van der Waals surface area (Å²) in [5.41, 5.74) is 1.02. The largest absolute Gasteiger partial charge is 0.491 e. The summed E-state index contributed by atoms with van der Waals surface area (Å²) >= 11 is 0. The molecule has 0 aliphatic carbocycles. The molecule has 0 radical (unpaired) electrons. The molecule has 0 aliphatic rings. The number of imidazole rings is 1. The quantitative estimate of drug-likeness (QED) is 0.829. The molecule has 0 fully saturated rings. The van der Waals surface area contributed by atoms with E-state index in [-0.39, 0.29) is 0 Å². The number of anilines is 1. The molecule has 0 saturated carbocycles. The molecule has 4 heteroatoms. The van der Waals surface area contributed by atoms with E-state index in [4.69, 9.17) is 4.74 Å². The minimum absolute atomic E-state index is 0.702. The van der Waals surface area contributed by atoms with E-state index in [1.54, 1.807) is 0 Å². The Morgan fingerprint density at radius 3 is 2.89 bits per heavy atom. The number of hydrogen-bond donors (Lipinski definition) is 1. The van der Waals surface area contributed by atoms with E-state index < -0.39 is 0 Å². The van der Waals surface area contributed by atoms with Gasteiger partial charge >= 0.3 is 0 Å². The van der Waals surface area contributed by atoms with Crippen LogP contribution in [0, 0.1) is 0 Å². The minimum atomic E-state index is 0.702. The molecule has 0 spiro atoms. The standard InChI is InChI=1S/C15H21N3O/c1-3-11-19-14-8-6-5-7-13(14)17-12-15-16-9-10-18(15)4-2/h5-10,17H,3-4,11-12H2,1-2H3. The normalized spacial score (nSPS) is 10.4. The molecular weight excluding hydrogens is 238 g/mol. The number of nitrogens with one attached hydrogen (secondary N) is 1. The van der Waals surface area contributed by atoms with E-state index in [0.29, 0.717) is 6.54 Å². The molecule has 2 aromatic rings. The Hall–Kier alpha value is -1.97. The molecule has 1 heterocycles. The molecule has 0 bridgehead atoms. The van der Waals surface area contributed by atoms with Gasteiger partial charge in [0.05, 0.1) is 18.8 Å². The Morgan fingerprint density at radius 2 is 2.11 bits per heavy atom. The summed E-state index contributed by atoms with van der Waals surface area (Å²) in [7, 11) is 0. The lowest BCUT2D eigenvalue weighted by atomic mass is 10.3. The molecule has 0 unspecified atom stereocenters. The van der Waals surface area contributed by atoms with Gasteiger partial charge in [-0.05, 0) is 25.5 Å². The first kappa shape index (κ1) is 13.5. The van der Waals surface area contributed by atoms with Crippen LogP contribution in [0.15, 0.2) is 36.7 Å². The van der Waals surface area contributed by atoms with Gasteiger partial charge in [0.1, 0.15) is 11.6 Å². The summed E-state index contributed by atoms with van der Waals surface area (Å²) in [5, 5.41) is 3.39. The zero-order valence-electron chi connectivity index (χ0n) is 11.6. The van der Waals surface area contributed by atoms with E-state index in [1.165, 1.54) is 0 Å². The van der Waals surface area contributed by atoms with Gasteiger partial charge in [0.25, 0.3) is 0 Å². The monoisotopic (exact) mass is 259 g/mol. The molecule has 2 rings (SSSR count). The molecule has 0 saturated heterocycles. The maximum atomic E-state index is 5.72. The predicted molar refractivity (Wildman–Crippen MR) is 77.5 cm³/mol. The lowest BCUT2D eigenvalue weighted by molar-refractivity contribution is 0.319. The van der Waals surface area contributed by atoms with Gasteiger partial charge < -0.3 is 14.6 Å². The molecule has 0 atom stereocenters. The summed E-state index contributed by atoms with van der Waals surface area (Å²) in [6, 6.07) is 8.02. The van der Waals surface area contributed by atoms with Gasteiger partial charge in [0.2, 0.25) is 0 Å². The maximum Gasteiger partial charge on any atom is 0.142 e. The third-order valence-electron chi connectivity index (χ3n) is 2.93. The molecule has 1 aromatic carbocycles. The van der Waals surface area contributed by atoms with E-state index in [0.717, 1.165) is 36.8 Å². The van der Waals surface area contributed by atoms with E-state index in [1.807, 2.05) is 36.7 Å². The zero-order chi connectivity index (χ0) is 13.5. The van der Waals surface area contributed by atoms with Crippen LogP contribution in [0.3, 0.4) is 0 Å². The van der Waals surface area contributed by atoms with Gasteiger partial charge in [-0.15, -0.1) is 0 Å². The summed E-state index contributed by atoms with van der Waals surface area (Å²) < 4.78 is 7.85. The molecule has 1 N–H and O–H groups in total. The van der Waals surface area contributed by atoms with Gasteiger partial charge in [-0.1, -0.05) is 19.1 Å². The average Bonchev–Trinajstić information content (AvgIpc) is 2.91.